The first-order chi connectivity index (χ1) is 8.96. The maximum absolute atomic E-state index is 12.0. The van der Waals surface area contributed by atoms with Crippen LogP contribution in [0.2, 0.25) is 0 Å². The third-order valence-electron chi connectivity index (χ3n) is 3.38. The number of sulfone groups is 1. The topological polar surface area (TPSA) is 46.2 Å². The highest BCUT2D eigenvalue weighted by atomic mass is 32.2. The monoisotopic (exact) mass is 283 g/mol. The zero-order valence-electron chi connectivity index (χ0n) is 12.1. The standard InChI is InChI=1S/C15H25NO2S/c1-4-15(16-3)9-6-10-19(17,18)12-14-8-5-7-13(2)11-14/h5,7-8,11,15-16H,4,6,9-10,12H2,1-3H3. The SMILES string of the molecule is CCC(CCCS(=O)(=O)Cc1cccc(C)c1)NC. The summed E-state index contributed by atoms with van der Waals surface area (Å²) in [6.07, 6.45) is 2.68. The smallest absolute Gasteiger partial charge is 0.154 e. The fourth-order valence-corrected chi connectivity index (χ4v) is 3.67. The Balaban J connectivity index is 2.48. The van der Waals surface area contributed by atoms with E-state index >= 15 is 0 Å². The summed E-state index contributed by atoms with van der Waals surface area (Å²) in [6, 6.07) is 8.14. The largest absolute Gasteiger partial charge is 0.317 e. The van der Waals surface area contributed by atoms with Crippen molar-refractivity contribution >= 4 is 9.84 Å². The Morgan fingerprint density at radius 3 is 2.63 bits per heavy atom. The second-order valence-corrected chi connectivity index (χ2v) is 7.30. The van der Waals surface area contributed by atoms with E-state index in [1.807, 2.05) is 38.2 Å². The molecule has 0 aliphatic rings. The molecule has 0 spiro atoms. The molecule has 1 aromatic rings. The second-order valence-electron chi connectivity index (χ2n) is 5.12. The van der Waals surface area contributed by atoms with E-state index in [2.05, 4.69) is 12.2 Å². The van der Waals surface area contributed by atoms with Crippen LogP contribution < -0.4 is 5.32 Å². The summed E-state index contributed by atoms with van der Waals surface area (Å²) in [5.74, 6) is 0.435. The third-order valence-corrected chi connectivity index (χ3v) is 5.06. The summed E-state index contributed by atoms with van der Waals surface area (Å²) in [5, 5.41) is 3.20. The number of hydrogen-bond donors (Lipinski definition) is 1. The van der Waals surface area contributed by atoms with E-state index in [0.717, 1.165) is 30.4 Å². The van der Waals surface area contributed by atoms with Gasteiger partial charge >= 0.3 is 0 Å². The lowest BCUT2D eigenvalue weighted by atomic mass is 10.1. The van der Waals surface area contributed by atoms with E-state index in [9.17, 15) is 8.42 Å². The molecule has 1 rings (SSSR count). The molecule has 0 radical (unpaired) electrons. The van der Waals surface area contributed by atoms with Crippen LogP contribution in [0, 0.1) is 6.92 Å². The Morgan fingerprint density at radius 2 is 2.05 bits per heavy atom. The summed E-state index contributed by atoms with van der Waals surface area (Å²) >= 11 is 0. The quantitative estimate of drug-likeness (QED) is 0.798. The van der Waals surface area contributed by atoms with Crippen molar-refractivity contribution in [1.82, 2.24) is 5.32 Å². The Kier molecular flexibility index (Phi) is 6.52. The maximum atomic E-state index is 12.0. The van der Waals surface area contributed by atoms with Gasteiger partial charge in [-0.25, -0.2) is 8.42 Å². The van der Waals surface area contributed by atoms with E-state index in [-0.39, 0.29) is 11.5 Å². The van der Waals surface area contributed by atoms with Crippen molar-refractivity contribution in [1.29, 1.82) is 0 Å². The number of aryl methyl sites for hydroxylation is 1. The van der Waals surface area contributed by atoms with E-state index in [0.29, 0.717) is 6.04 Å². The van der Waals surface area contributed by atoms with Gasteiger partial charge in [0, 0.05) is 6.04 Å². The van der Waals surface area contributed by atoms with E-state index in [1.165, 1.54) is 0 Å². The Bertz CT molecular complexity index is 479. The molecule has 1 aromatic carbocycles. The van der Waals surface area contributed by atoms with Gasteiger partial charge in [-0.2, -0.15) is 0 Å². The fourth-order valence-electron chi connectivity index (χ4n) is 2.23. The van der Waals surface area contributed by atoms with Crippen LogP contribution >= 0.6 is 0 Å². The lowest BCUT2D eigenvalue weighted by molar-refractivity contribution is 0.500. The molecule has 0 fully saturated rings. The summed E-state index contributed by atoms with van der Waals surface area (Å²) in [4.78, 5) is 0. The third kappa shape index (κ3) is 6.21. The molecule has 3 nitrogen and oxygen atoms in total. The molecule has 19 heavy (non-hydrogen) atoms. The van der Waals surface area contributed by atoms with Crippen molar-refractivity contribution in [2.75, 3.05) is 12.8 Å². The number of hydrogen-bond acceptors (Lipinski definition) is 3. The second kappa shape index (κ2) is 7.65. The predicted octanol–water partition coefficient (Wildman–Crippen LogP) is 2.69. The minimum atomic E-state index is -2.99. The molecule has 1 N–H and O–H groups in total. The average Bonchev–Trinajstić information content (AvgIpc) is 2.34. The van der Waals surface area contributed by atoms with Gasteiger partial charge in [0.05, 0.1) is 11.5 Å². The van der Waals surface area contributed by atoms with Crippen molar-refractivity contribution in [3.8, 4) is 0 Å². The molecule has 0 aromatic heterocycles. The molecule has 0 aliphatic carbocycles. The summed E-state index contributed by atoms with van der Waals surface area (Å²) in [6.45, 7) is 4.09. The molecular weight excluding hydrogens is 258 g/mol. The number of benzene rings is 1. The van der Waals surface area contributed by atoms with Crippen LogP contribution in [-0.4, -0.2) is 27.3 Å². The van der Waals surface area contributed by atoms with E-state index in [4.69, 9.17) is 0 Å². The lowest BCUT2D eigenvalue weighted by Gasteiger charge is -2.13. The maximum Gasteiger partial charge on any atom is 0.154 e. The van der Waals surface area contributed by atoms with Gasteiger partial charge in [0.1, 0.15) is 0 Å². The Hall–Kier alpha value is -0.870. The lowest BCUT2D eigenvalue weighted by Crippen LogP contribution is -2.25. The Morgan fingerprint density at radius 1 is 1.32 bits per heavy atom. The van der Waals surface area contributed by atoms with Gasteiger partial charge in [-0.3, -0.25) is 0 Å². The van der Waals surface area contributed by atoms with Crippen LogP contribution in [0.25, 0.3) is 0 Å². The molecule has 0 aliphatic heterocycles. The Labute approximate surface area is 117 Å². The van der Waals surface area contributed by atoms with Gasteiger partial charge in [0.25, 0.3) is 0 Å². The zero-order valence-corrected chi connectivity index (χ0v) is 13.0. The van der Waals surface area contributed by atoms with Crippen molar-refractivity contribution < 1.29 is 8.42 Å². The predicted molar refractivity (Wildman–Crippen MR) is 81.0 cm³/mol. The molecule has 0 heterocycles. The molecule has 0 saturated heterocycles. The molecule has 108 valence electrons. The van der Waals surface area contributed by atoms with Crippen LogP contribution in [0.15, 0.2) is 24.3 Å². The summed E-state index contributed by atoms with van der Waals surface area (Å²) in [7, 11) is -1.07. The molecule has 0 amide bonds. The minimum absolute atomic E-state index is 0.158. The van der Waals surface area contributed by atoms with Gasteiger partial charge in [-0.1, -0.05) is 36.8 Å². The number of rotatable bonds is 8. The molecule has 1 atom stereocenters. The molecule has 0 saturated carbocycles. The number of nitrogens with one attached hydrogen (secondary N) is 1. The van der Waals surface area contributed by atoms with Gasteiger partial charge in [-0.15, -0.1) is 0 Å². The van der Waals surface area contributed by atoms with Crippen LogP contribution in [0.4, 0.5) is 0 Å². The first kappa shape index (κ1) is 16.2. The summed E-state index contributed by atoms with van der Waals surface area (Å²) < 4.78 is 24.1. The molecule has 0 bridgehead atoms. The first-order valence-electron chi connectivity index (χ1n) is 6.90. The van der Waals surface area contributed by atoms with Gasteiger partial charge in [0.15, 0.2) is 9.84 Å². The van der Waals surface area contributed by atoms with Crippen LogP contribution in [0.5, 0.6) is 0 Å². The van der Waals surface area contributed by atoms with Crippen molar-refractivity contribution in [2.45, 2.75) is 44.9 Å². The molecule has 1 unspecified atom stereocenters. The van der Waals surface area contributed by atoms with E-state index < -0.39 is 9.84 Å². The van der Waals surface area contributed by atoms with Crippen molar-refractivity contribution in [2.24, 2.45) is 0 Å². The highest BCUT2D eigenvalue weighted by Gasteiger charge is 2.13. The normalized spacial score (nSPS) is 13.4. The highest BCUT2D eigenvalue weighted by Crippen LogP contribution is 2.11. The first-order valence-corrected chi connectivity index (χ1v) is 8.72. The van der Waals surface area contributed by atoms with Crippen molar-refractivity contribution in [3.63, 3.8) is 0 Å². The summed E-state index contributed by atoms with van der Waals surface area (Å²) in [5.41, 5.74) is 1.99. The average molecular weight is 283 g/mol. The minimum Gasteiger partial charge on any atom is -0.317 e. The van der Waals surface area contributed by atoms with Gasteiger partial charge in [0.2, 0.25) is 0 Å². The van der Waals surface area contributed by atoms with Crippen LogP contribution in [0.1, 0.15) is 37.3 Å². The molecule has 4 heteroatoms. The van der Waals surface area contributed by atoms with E-state index in [1.54, 1.807) is 0 Å². The van der Waals surface area contributed by atoms with Crippen molar-refractivity contribution in [3.05, 3.63) is 35.4 Å². The van der Waals surface area contributed by atoms with Crippen LogP contribution in [0.3, 0.4) is 0 Å². The zero-order chi connectivity index (χ0) is 14.3. The van der Waals surface area contributed by atoms with Crippen LogP contribution in [-0.2, 0) is 15.6 Å². The van der Waals surface area contributed by atoms with Gasteiger partial charge in [-0.05, 0) is 38.8 Å². The molecular formula is C15H25NO2S. The van der Waals surface area contributed by atoms with Gasteiger partial charge < -0.3 is 5.32 Å². The fraction of sp³-hybridized carbons (Fsp3) is 0.600. The highest BCUT2D eigenvalue weighted by molar-refractivity contribution is 7.90.